The highest BCUT2D eigenvalue weighted by atomic mass is 16.7. The SMILES string of the molecule is O=C1CC(C2(c3ccccn3)OCCO2)c2ccccc2N1. The highest BCUT2D eigenvalue weighted by Gasteiger charge is 2.50. The van der Waals surface area contributed by atoms with E-state index in [9.17, 15) is 4.79 Å². The van der Waals surface area contributed by atoms with Crippen LogP contribution in [-0.4, -0.2) is 24.1 Å². The molecule has 3 heterocycles. The number of hydrogen-bond donors (Lipinski definition) is 1. The van der Waals surface area contributed by atoms with Crippen molar-refractivity contribution in [2.75, 3.05) is 18.5 Å². The molecule has 1 atom stereocenters. The zero-order valence-electron chi connectivity index (χ0n) is 12.0. The highest BCUT2D eigenvalue weighted by Crippen LogP contribution is 2.48. The Morgan fingerprint density at radius 2 is 1.86 bits per heavy atom. The Morgan fingerprint density at radius 1 is 1.09 bits per heavy atom. The van der Waals surface area contributed by atoms with Gasteiger partial charge in [0.25, 0.3) is 0 Å². The van der Waals surface area contributed by atoms with Crippen LogP contribution in [0.15, 0.2) is 48.7 Å². The summed E-state index contributed by atoms with van der Waals surface area (Å²) in [6.07, 6.45) is 2.03. The molecule has 5 heteroatoms. The van der Waals surface area contributed by atoms with E-state index in [1.165, 1.54) is 0 Å². The van der Waals surface area contributed by atoms with E-state index in [0.29, 0.717) is 25.3 Å². The standard InChI is InChI=1S/C17H16N2O3/c20-16-11-13(12-5-1-2-6-14(12)19-16)17(21-9-10-22-17)15-7-3-4-8-18-15/h1-8,13H,9-11H2,(H,19,20). The number of carbonyl (C=O) groups is 1. The molecule has 22 heavy (non-hydrogen) atoms. The van der Waals surface area contributed by atoms with E-state index in [0.717, 1.165) is 11.3 Å². The van der Waals surface area contributed by atoms with E-state index in [2.05, 4.69) is 10.3 Å². The number of nitrogens with one attached hydrogen (secondary N) is 1. The lowest BCUT2D eigenvalue weighted by Crippen LogP contribution is -2.40. The quantitative estimate of drug-likeness (QED) is 0.924. The Hall–Kier alpha value is -2.24. The van der Waals surface area contributed by atoms with Crippen LogP contribution in [0.1, 0.15) is 23.6 Å². The number of anilines is 1. The predicted octanol–water partition coefficient (Wildman–Crippen LogP) is 2.41. The molecule has 1 saturated heterocycles. The van der Waals surface area contributed by atoms with Crippen LogP contribution in [0.5, 0.6) is 0 Å². The van der Waals surface area contributed by atoms with E-state index in [1.54, 1.807) is 6.20 Å². The summed E-state index contributed by atoms with van der Waals surface area (Å²) in [5.41, 5.74) is 2.55. The second-order valence-electron chi connectivity index (χ2n) is 5.47. The zero-order valence-corrected chi connectivity index (χ0v) is 12.0. The number of amides is 1. The number of ether oxygens (including phenoxy) is 2. The van der Waals surface area contributed by atoms with Gasteiger partial charge >= 0.3 is 0 Å². The minimum absolute atomic E-state index is 0.0295. The number of carbonyl (C=O) groups excluding carboxylic acids is 1. The van der Waals surface area contributed by atoms with E-state index < -0.39 is 5.79 Å². The smallest absolute Gasteiger partial charge is 0.225 e. The third-order valence-corrected chi connectivity index (χ3v) is 4.20. The minimum Gasteiger partial charge on any atom is -0.342 e. The maximum atomic E-state index is 12.1. The molecule has 1 unspecified atom stereocenters. The van der Waals surface area contributed by atoms with Crippen LogP contribution in [-0.2, 0) is 20.1 Å². The fourth-order valence-corrected chi connectivity index (χ4v) is 3.28. The number of hydrogen-bond acceptors (Lipinski definition) is 4. The molecule has 0 saturated carbocycles. The number of pyridine rings is 1. The van der Waals surface area contributed by atoms with Crippen molar-refractivity contribution in [2.24, 2.45) is 0 Å². The minimum atomic E-state index is -0.991. The Bertz CT molecular complexity index is 696. The maximum Gasteiger partial charge on any atom is 0.225 e. The van der Waals surface area contributed by atoms with Crippen LogP contribution >= 0.6 is 0 Å². The molecule has 1 N–H and O–H groups in total. The van der Waals surface area contributed by atoms with Gasteiger partial charge in [0.15, 0.2) is 0 Å². The highest BCUT2D eigenvalue weighted by molar-refractivity contribution is 5.94. The van der Waals surface area contributed by atoms with Crippen molar-refractivity contribution in [3.8, 4) is 0 Å². The van der Waals surface area contributed by atoms with E-state index in [4.69, 9.17) is 9.47 Å². The molecule has 2 aliphatic rings. The molecule has 0 bridgehead atoms. The Morgan fingerprint density at radius 3 is 2.64 bits per heavy atom. The van der Waals surface area contributed by atoms with Gasteiger partial charge in [0, 0.05) is 18.3 Å². The summed E-state index contributed by atoms with van der Waals surface area (Å²) < 4.78 is 12.0. The Labute approximate surface area is 128 Å². The fourth-order valence-electron chi connectivity index (χ4n) is 3.28. The van der Waals surface area contributed by atoms with Gasteiger partial charge < -0.3 is 14.8 Å². The second-order valence-corrected chi connectivity index (χ2v) is 5.47. The van der Waals surface area contributed by atoms with Gasteiger partial charge in [-0.2, -0.15) is 0 Å². The molecule has 1 aromatic heterocycles. The largest absolute Gasteiger partial charge is 0.342 e. The number of aromatic nitrogens is 1. The van der Waals surface area contributed by atoms with Gasteiger partial charge in [-0.05, 0) is 23.8 Å². The van der Waals surface area contributed by atoms with Crippen molar-refractivity contribution in [1.82, 2.24) is 4.98 Å². The first-order chi connectivity index (χ1) is 10.8. The first-order valence-corrected chi connectivity index (χ1v) is 7.38. The molecule has 1 fully saturated rings. The summed E-state index contributed by atoms with van der Waals surface area (Å²) in [5, 5.41) is 2.91. The molecule has 2 aliphatic heterocycles. The van der Waals surface area contributed by atoms with E-state index in [1.807, 2.05) is 42.5 Å². The number of benzene rings is 1. The Kier molecular flexibility index (Phi) is 3.17. The van der Waals surface area contributed by atoms with Crippen LogP contribution in [0, 0.1) is 0 Å². The molecular formula is C17H16N2O3. The van der Waals surface area contributed by atoms with Crippen LogP contribution in [0.4, 0.5) is 5.69 Å². The summed E-state index contributed by atoms with van der Waals surface area (Å²) in [4.78, 5) is 16.5. The van der Waals surface area contributed by atoms with Crippen molar-refractivity contribution >= 4 is 11.6 Å². The van der Waals surface area contributed by atoms with Crippen LogP contribution in [0.2, 0.25) is 0 Å². The van der Waals surface area contributed by atoms with Gasteiger partial charge in [0.2, 0.25) is 11.7 Å². The lowest BCUT2D eigenvalue weighted by Gasteiger charge is -2.38. The van der Waals surface area contributed by atoms with Gasteiger partial charge in [-0.1, -0.05) is 24.3 Å². The third kappa shape index (κ3) is 2.01. The molecule has 4 rings (SSSR count). The number of fused-ring (bicyclic) bond motifs is 1. The topological polar surface area (TPSA) is 60.5 Å². The monoisotopic (exact) mass is 296 g/mol. The van der Waals surface area contributed by atoms with Crippen molar-refractivity contribution in [2.45, 2.75) is 18.1 Å². The van der Waals surface area contributed by atoms with Crippen LogP contribution < -0.4 is 5.32 Å². The van der Waals surface area contributed by atoms with Gasteiger partial charge in [-0.25, -0.2) is 0 Å². The molecule has 0 spiro atoms. The van der Waals surface area contributed by atoms with Gasteiger partial charge in [-0.15, -0.1) is 0 Å². The van der Waals surface area contributed by atoms with Crippen molar-refractivity contribution in [3.63, 3.8) is 0 Å². The first-order valence-electron chi connectivity index (χ1n) is 7.38. The summed E-state index contributed by atoms with van der Waals surface area (Å²) in [7, 11) is 0. The normalized spacial score (nSPS) is 22.9. The van der Waals surface area contributed by atoms with Crippen molar-refractivity contribution in [3.05, 3.63) is 59.9 Å². The van der Waals surface area contributed by atoms with E-state index in [-0.39, 0.29) is 11.8 Å². The van der Waals surface area contributed by atoms with E-state index >= 15 is 0 Å². The number of nitrogens with zero attached hydrogens (tertiary/aromatic N) is 1. The Balaban J connectivity index is 1.86. The van der Waals surface area contributed by atoms with Gasteiger partial charge in [-0.3, -0.25) is 9.78 Å². The predicted molar refractivity (Wildman–Crippen MR) is 80.2 cm³/mol. The summed E-state index contributed by atoms with van der Waals surface area (Å²) >= 11 is 0. The molecule has 5 nitrogen and oxygen atoms in total. The lowest BCUT2D eigenvalue weighted by molar-refractivity contribution is -0.189. The van der Waals surface area contributed by atoms with Crippen molar-refractivity contribution < 1.29 is 14.3 Å². The molecule has 0 radical (unpaired) electrons. The summed E-state index contributed by atoms with van der Waals surface area (Å²) in [6, 6.07) is 13.4. The average Bonchev–Trinajstić information content (AvgIpc) is 3.06. The third-order valence-electron chi connectivity index (χ3n) is 4.20. The van der Waals surface area contributed by atoms with Gasteiger partial charge in [0.1, 0.15) is 5.69 Å². The summed E-state index contributed by atoms with van der Waals surface area (Å²) in [6.45, 7) is 0.994. The molecular weight excluding hydrogens is 280 g/mol. The molecule has 1 aromatic carbocycles. The fraction of sp³-hybridized carbons (Fsp3) is 0.294. The zero-order chi connectivity index (χ0) is 15.0. The second kappa shape index (κ2) is 5.19. The van der Waals surface area contributed by atoms with Crippen molar-refractivity contribution in [1.29, 1.82) is 0 Å². The van der Waals surface area contributed by atoms with Crippen LogP contribution in [0.25, 0.3) is 0 Å². The lowest BCUT2D eigenvalue weighted by atomic mass is 9.82. The maximum absolute atomic E-state index is 12.1. The van der Waals surface area contributed by atoms with Crippen LogP contribution in [0.3, 0.4) is 0 Å². The molecule has 0 aliphatic carbocycles. The average molecular weight is 296 g/mol. The number of para-hydroxylation sites is 1. The summed E-state index contributed by atoms with van der Waals surface area (Å²) in [5.74, 6) is -1.23. The molecule has 112 valence electrons. The van der Waals surface area contributed by atoms with Gasteiger partial charge in [0.05, 0.1) is 19.1 Å². The number of rotatable bonds is 2. The molecule has 1 amide bonds. The molecule has 2 aromatic rings. The first kappa shape index (κ1) is 13.4.